The molecule has 0 spiro atoms. The van der Waals surface area contributed by atoms with E-state index in [9.17, 15) is 23.2 Å². The minimum absolute atomic E-state index is 0.101. The lowest BCUT2D eigenvalue weighted by atomic mass is 10.1. The molecule has 0 bridgehead atoms. The summed E-state index contributed by atoms with van der Waals surface area (Å²) in [7, 11) is 0. The smallest absolute Gasteiger partial charge is 0.341 e. The second-order valence-corrected chi connectivity index (χ2v) is 7.83. The number of anilines is 1. The number of alkyl halides is 2. The van der Waals surface area contributed by atoms with E-state index in [0.717, 1.165) is 28.9 Å². The lowest BCUT2D eigenvalue weighted by Gasteiger charge is -2.09. The molecule has 0 radical (unpaired) electrons. The number of nitrogens with one attached hydrogen (secondary N) is 1. The topological polar surface area (TPSA) is 90.3 Å². The Morgan fingerprint density at radius 2 is 2.07 bits per heavy atom. The Hall–Kier alpha value is -2.62. The van der Waals surface area contributed by atoms with Gasteiger partial charge in [-0.25, -0.2) is 13.6 Å². The zero-order valence-electron chi connectivity index (χ0n) is 16.3. The van der Waals surface area contributed by atoms with Crippen molar-refractivity contribution >= 4 is 34.0 Å². The summed E-state index contributed by atoms with van der Waals surface area (Å²) in [6.07, 6.45) is -0.958. The first kappa shape index (κ1) is 21.1. The highest BCUT2D eigenvalue weighted by Crippen LogP contribution is 2.40. The number of rotatable bonds is 8. The van der Waals surface area contributed by atoms with Gasteiger partial charge in [0, 0.05) is 5.92 Å². The number of Topliss-reactive ketones (excluding diaryl/α,β-unsaturated/α-hetero) is 1. The van der Waals surface area contributed by atoms with Gasteiger partial charge in [-0.15, -0.1) is 11.3 Å². The van der Waals surface area contributed by atoms with Crippen molar-refractivity contribution in [2.24, 2.45) is 0 Å². The molecule has 10 heteroatoms. The van der Waals surface area contributed by atoms with Gasteiger partial charge in [0.1, 0.15) is 17.2 Å². The largest absolute Gasteiger partial charge is 0.462 e. The second kappa shape index (κ2) is 8.40. The monoisotopic (exact) mass is 425 g/mol. The summed E-state index contributed by atoms with van der Waals surface area (Å²) < 4.78 is 32.6. The molecule has 1 fully saturated rings. The van der Waals surface area contributed by atoms with Crippen LogP contribution in [0.5, 0.6) is 0 Å². The maximum atomic E-state index is 13.3. The van der Waals surface area contributed by atoms with Gasteiger partial charge in [0.15, 0.2) is 5.78 Å². The number of esters is 1. The number of carbonyl (C=O) groups excluding carboxylic acids is 3. The second-order valence-electron chi connectivity index (χ2n) is 6.81. The third-order valence-electron chi connectivity index (χ3n) is 4.54. The lowest BCUT2D eigenvalue weighted by molar-refractivity contribution is -0.117. The molecule has 1 amide bonds. The summed E-state index contributed by atoms with van der Waals surface area (Å²) in [5, 5.41) is 6.86. The average Bonchev–Trinajstić information content (AvgIpc) is 3.31. The van der Waals surface area contributed by atoms with Crippen LogP contribution in [0, 0.1) is 6.92 Å². The fraction of sp³-hybridized carbons (Fsp3) is 0.474. The number of hydrogen-bond acceptors (Lipinski definition) is 6. The molecule has 2 aromatic rings. The van der Waals surface area contributed by atoms with Crippen molar-refractivity contribution in [2.75, 3.05) is 11.9 Å². The van der Waals surface area contributed by atoms with Gasteiger partial charge in [0.05, 0.1) is 22.7 Å². The van der Waals surface area contributed by atoms with Crippen molar-refractivity contribution in [3.05, 3.63) is 33.5 Å². The lowest BCUT2D eigenvalue weighted by Crippen LogP contribution is -2.22. The number of thiophene rings is 1. The zero-order valence-corrected chi connectivity index (χ0v) is 17.1. The van der Waals surface area contributed by atoms with Gasteiger partial charge in [0.25, 0.3) is 6.43 Å². The number of hydrogen-bond donors (Lipinski definition) is 1. The van der Waals surface area contributed by atoms with Crippen LogP contribution in [0.4, 0.5) is 13.8 Å². The van der Waals surface area contributed by atoms with Crippen LogP contribution in [-0.2, 0) is 16.1 Å². The van der Waals surface area contributed by atoms with Gasteiger partial charge in [0.2, 0.25) is 5.91 Å². The molecule has 2 aromatic heterocycles. The summed E-state index contributed by atoms with van der Waals surface area (Å²) >= 11 is 0.958. The van der Waals surface area contributed by atoms with Crippen LogP contribution in [0.2, 0.25) is 0 Å². The number of nitrogens with zero attached hydrogens (tertiary/aromatic N) is 2. The maximum absolute atomic E-state index is 13.3. The van der Waals surface area contributed by atoms with Crippen molar-refractivity contribution in [1.29, 1.82) is 0 Å². The van der Waals surface area contributed by atoms with Crippen molar-refractivity contribution < 1.29 is 27.9 Å². The Morgan fingerprint density at radius 3 is 2.62 bits per heavy atom. The predicted molar refractivity (Wildman–Crippen MR) is 103 cm³/mol. The van der Waals surface area contributed by atoms with Crippen LogP contribution in [0.15, 0.2) is 6.07 Å². The molecule has 0 unspecified atom stereocenters. The molecule has 1 aliphatic carbocycles. The van der Waals surface area contributed by atoms with E-state index in [0.29, 0.717) is 16.1 Å². The summed E-state index contributed by atoms with van der Waals surface area (Å²) in [6, 6.07) is 1.34. The Morgan fingerprint density at radius 1 is 1.38 bits per heavy atom. The van der Waals surface area contributed by atoms with Crippen LogP contribution in [0.3, 0.4) is 0 Å². The van der Waals surface area contributed by atoms with Crippen molar-refractivity contribution in [3.63, 3.8) is 0 Å². The molecular weight excluding hydrogens is 404 g/mol. The molecule has 3 rings (SSSR count). The molecule has 1 N–H and O–H groups in total. The molecule has 0 saturated heterocycles. The molecule has 0 atom stereocenters. The van der Waals surface area contributed by atoms with Crippen molar-refractivity contribution in [3.8, 4) is 0 Å². The molecule has 2 heterocycles. The number of amides is 1. The van der Waals surface area contributed by atoms with Crippen molar-refractivity contribution in [1.82, 2.24) is 9.78 Å². The first-order chi connectivity index (χ1) is 13.7. The minimum Gasteiger partial charge on any atom is -0.462 e. The van der Waals surface area contributed by atoms with E-state index in [1.54, 1.807) is 13.8 Å². The van der Waals surface area contributed by atoms with Gasteiger partial charge in [-0.1, -0.05) is 0 Å². The van der Waals surface area contributed by atoms with Crippen LogP contribution in [0.1, 0.15) is 76.0 Å². The molecule has 0 aromatic carbocycles. The van der Waals surface area contributed by atoms with Gasteiger partial charge in [-0.2, -0.15) is 5.10 Å². The highest BCUT2D eigenvalue weighted by atomic mass is 32.1. The Bertz CT molecular complexity index is 963. The van der Waals surface area contributed by atoms with Crippen LogP contribution in [0.25, 0.3) is 0 Å². The third-order valence-corrected chi connectivity index (χ3v) is 5.85. The van der Waals surface area contributed by atoms with E-state index in [2.05, 4.69) is 10.4 Å². The van der Waals surface area contributed by atoms with Crippen molar-refractivity contribution in [2.45, 2.75) is 52.5 Å². The zero-order chi connectivity index (χ0) is 21.3. The Labute approximate surface area is 170 Å². The first-order valence-electron chi connectivity index (χ1n) is 9.20. The van der Waals surface area contributed by atoms with E-state index in [4.69, 9.17) is 4.74 Å². The quantitative estimate of drug-likeness (QED) is 0.508. The molecule has 156 valence electrons. The van der Waals surface area contributed by atoms with Gasteiger partial charge < -0.3 is 10.1 Å². The Kier molecular flexibility index (Phi) is 6.11. The normalized spacial score (nSPS) is 13.6. The number of ketones is 1. The van der Waals surface area contributed by atoms with E-state index in [1.807, 2.05) is 0 Å². The summed E-state index contributed by atoms with van der Waals surface area (Å²) in [5.41, 5.74) is 0.758. The van der Waals surface area contributed by atoms with E-state index >= 15 is 0 Å². The Balaban J connectivity index is 1.84. The van der Waals surface area contributed by atoms with Crippen LogP contribution < -0.4 is 5.32 Å². The first-order valence-corrected chi connectivity index (χ1v) is 10.0. The fourth-order valence-electron chi connectivity index (χ4n) is 3.02. The van der Waals surface area contributed by atoms with Crippen LogP contribution in [-0.4, -0.2) is 34.0 Å². The maximum Gasteiger partial charge on any atom is 0.341 e. The van der Waals surface area contributed by atoms with Gasteiger partial charge >= 0.3 is 5.97 Å². The average molecular weight is 425 g/mol. The van der Waals surface area contributed by atoms with Gasteiger partial charge in [-0.05, 0) is 45.2 Å². The number of halogens is 2. The summed E-state index contributed by atoms with van der Waals surface area (Å²) in [6.45, 7) is 4.30. The SMILES string of the molecule is CCOC(=O)c1c(NC(=O)Cn2nc(C3CC3)cc2C(F)F)sc(C(C)=O)c1C. The van der Waals surface area contributed by atoms with Gasteiger partial charge in [-0.3, -0.25) is 14.3 Å². The highest BCUT2D eigenvalue weighted by molar-refractivity contribution is 7.18. The summed E-state index contributed by atoms with van der Waals surface area (Å²) in [5.74, 6) is -1.36. The fourth-order valence-corrected chi connectivity index (χ4v) is 4.13. The van der Waals surface area contributed by atoms with E-state index in [1.165, 1.54) is 13.0 Å². The number of carbonyl (C=O) groups is 3. The molecule has 0 aliphatic heterocycles. The molecule has 29 heavy (non-hydrogen) atoms. The minimum atomic E-state index is -2.76. The highest BCUT2D eigenvalue weighted by Gasteiger charge is 2.30. The summed E-state index contributed by atoms with van der Waals surface area (Å²) in [4.78, 5) is 37.0. The number of aromatic nitrogens is 2. The predicted octanol–water partition coefficient (Wildman–Crippen LogP) is 4.09. The molecular formula is C19H21F2N3O4S. The molecule has 7 nitrogen and oxygen atoms in total. The molecule has 1 aliphatic rings. The standard InChI is InChI=1S/C19H21F2N3O4S/c1-4-28-19(27)15-9(2)16(10(3)25)29-18(15)22-14(26)8-24-13(17(20)21)7-12(23-24)11-5-6-11/h7,11,17H,4-6,8H2,1-3H3,(H,22,26). The number of ether oxygens (including phenoxy) is 1. The van der Waals surface area contributed by atoms with E-state index in [-0.39, 0.29) is 34.6 Å². The van der Waals surface area contributed by atoms with Crippen LogP contribution >= 0.6 is 11.3 Å². The molecule has 1 saturated carbocycles. The van der Waals surface area contributed by atoms with E-state index < -0.39 is 24.8 Å². The third kappa shape index (κ3) is 4.52.